The van der Waals surface area contributed by atoms with E-state index in [0.717, 1.165) is 49.6 Å². The lowest BCUT2D eigenvalue weighted by atomic mass is 9.32. The molecule has 0 aromatic heterocycles. The lowest BCUT2D eigenvalue weighted by molar-refractivity contribution is -0.222. The van der Waals surface area contributed by atoms with Crippen molar-refractivity contribution in [3.8, 4) is 0 Å². The minimum Gasteiger partial charge on any atom is -0.478 e. The molecule has 0 spiro atoms. The van der Waals surface area contributed by atoms with Crippen molar-refractivity contribution in [3.05, 3.63) is 54.1 Å². The van der Waals surface area contributed by atoms with Gasteiger partial charge in [-0.2, -0.15) is 0 Å². The van der Waals surface area contributed by atoms with Crippen molar-refractivity contribution in [2.75, 3.05) is 45.2 Å². The number of rotatable bonds is 10. The Kier molecular flexibility index (Phi) is 11.5. The first-order chi connectivity index (χ1) is 23.1. The molecule has 4 fully saturated rings. The summed E-state index contributed by atoms with van der Waals surface area (Å²) in [6.45, 7) is 22.5. The minimum absolute atomic E-state index is 0.0529. The van der Waals surface area contributed by atoms with Gasteiger partial charge in [-0.1, -0.05) is 65.3 Å². The third-order valence-corrected chi connectivity index (χ3v) is 16.2. The number of nitrogens with one attached hydrogen (secondary N) is 1. The molecule has 4 saturated carbocycles. The molecule has 1 aromatic rings. The molecule has 5 nitrogen and oxygen atoms in total. The summed E-state index contributed by atoms with van der Waals surface area (Å²) >= 11 is 0. The average Bonchev–Trinajstić information content (AvgIpc) is 3.47. The molecule has 274 valence electrons. The van der Waals surface area contributed by atoms with Gasteiger partial charge in [-0.25, -0.2) is 4.79 Å². The van der Waals surface area contributed by atoms with Crippen molar-refractivity contribution in [2.45, 2.75) is 106 Å². The fourth-order valence-electron chi connectivity index (χ4n) is 12.9. The largest absolute Gasteiger partial charge is 0.478 e. The van der Waals surface area contributed by atoms with Gasteiger partial charge >= 0.3 is 5.97 Å². The predicted molar refractivity (Wildman–Crippen MR) is 207 cm³/mol. The zero-order valence-corrected chi connectivity index (χ0v) is 33.0. The molecular weight excluding hydrogens is 625 g/mol. The molecule has 0 bridgehead atoms. The van der Waals surface area contributed by atoms with Crippen LogP contribution in [0.15, 0.2) is 43.0 Å². The third kappa shape index (κ3) is 6.81. The van der Waals surface area contributed by atoms with Crippen molar-refractivity contribution in [1.29, 1.82) is 0 Å². The Morgan fingerprint density at radius 3 is 2.31 bits per heavy atom. The van der Waals surface area contributed by atoms with Crippen LogP contribution in [-0.2, 0) is 10.8 Å². The molecule has 49 heavy (non-hydrogen) atoms. The molecule has 2 N–H and O–H groups in total. The number of nitrogens with zero attached hydrogens (tertiary/aromatic N) is 1. The second-order valence-corrected chi connectivity index (χ2v) is 19.7. The maximum atomic E-state index is 11.5. The Balaban J connectivity index is 0.00000151. The van der Waals surface area contributed by atoms with Gasteiger partial charge in [0, 0.05) is 49.0 Å². The molecule has 0 radical (unpaired) electrons. The van der Waals surface area contributed by atoms with Gasteiger partial charge in [-0.3, -0.25) is 4.21 Å². The molecule has 5 aliphatic carbocycles. The second-order valence-electron chi connectivity index (χ2n) is 18.1. The maximum absolute atomic E-state index is 11.5. The summed E-state index contributed by atoms with van der Waals surface area (Å²) in [6, 6.07) is 7.63. The average molecular weight is 693 g/mol. The normalized spacial score (nSPS) is 38.1. The highest BCUT2D eigenvalue weighted by Crippen LogP contribution is 2.77. The van der Waals surface area contributed by atoms with E-state index in [1.165, 1.54) is 75.5 Å². The van der Waals surface area contributed by atoms with E-state index in [2.05, 4.69) is 64.5 Å². The first-order valence-corrected chi connectivity index (χ1v) is 21.1. The number of allylic oxidation sites excluding steroid dienone is 3. The Morgan fingerprint density at radius 1 is 0.959 bits per heavy atom. The highest BCUT2D eigenvalue weighted by Gasteiger charge is 2.69. The first kappa shape index (κ1) is 38.5. The lowest BCUT2D eigenvalue weighted by Gasteiger charge is -2.72. The number of hydrogen-bond acceptors (Lipinski definition) is 4. The summed E-state index contributed by atoms with van der Waals surface area (Å²) in [6.07, 6.45) is 19.6. The van der Waals surface area contributed by atoms with E-state index in [9.17, 15) is 14.1 Å². The molecule has 6 rings (SSSR count). The lowest BCUT2D eigenvalue weighted by Crippen LogP contribution is -2.65. The highest BCUT2D eigenvalue weighted by molar-refractivity contribution is 7.84. The maximum Gasteiger partial charge on any atom is 0.335 e. The van der Waals surface area contributed by atoms with E-state index < -0.39 is 16.8 Å². The summed E-state index contributed by atoms with van der Waals surface area (Å²) in [5.74, 6) is 2.97. The highest BCUT2D eigenvalue weighted by atomic mass is 32.2. The van der Waals surface area contributed by atoms with E-state index >= 15 is 0 Å². The van der Waals surface area contributed by atoms with Crippen molar-refractivity contribution in [2.24, 2.45) is 50.7 Å². The molecule has 8 unspecified atom stereocenters. The summed E-state index contributed by atoms with van der Waals surface area (Å²) < 4.78 is 11.5. The fraction of sp³-hybridized carbons (Fsp3) is 0.744. The monoisotopic (exact) mass is 692 g/mol. The summed E-state index contributed by atoms with van der Waals surface area (Å²) in [7, 11) is 1.44. The van der Waals surface area contributed by atoms with Crippen molar-refractivity contribution < 1.29 is 14.1 Å². The SMILES string of the molecule is C=CC.CN(CCNCC12CCCC1C1CCC3C4(C)CC=C(c5ccc(C(=O)O)cc5)C(C)(C)C4CCC3(C)[C@]1(C)CC2)CCS(C)=O. The Hall–Kier alpha value is -1.76. The van der Waals surface area contributed by atoms with Crippen molar-refractivity contribution >= 4 is 22.3 Å². The topological polar surface area (TPSA) is 69.6 Å². The summed E-state index contributed by atoms with van der Waals surface area (Å²) in [5.41, 5.74) is 4.57. The molecule has 1 aromatic carbocycles. The van der Waals surface area contributed by atoms with Gasteiger partial charge in [0.1, 0.15) is 0 Å². The van der Waals surface area contributed by atoms with E-state index in [0.29, 0.717) is 27.7 Å². The predicted octanol–water partition coefficient (Wildman–Crippen LogP) is 9.33. The van der Waals surface area contributed by atoms with Crippen LogP contribution in [0.5, 0.6) is 0 Å². The van der Waals surface area contributed by atoms with Crippen LogP contribution in [-0.4, -0.2) is 65.4 Å². The van der Waals surface area contributed by atoms with E-state index in [1.807, 2.05) is 19.1 Å². The molecule has 0 heterocycles. The third-order valence-electron chi connectivity index (χ3n) is 15.5. The molecular formula is C43H68N2O3S. The van der Waals surface area contributed by atoms with Crippen LogP contribution in [0.3, 0.4) is 0 Å². The quantitative estimate of drug-likeness (QED) is 0.189. The van der Waals surface area contributed by atoms with Crippen LogP contribution >= 0.6 is 0 Å². The fourth-order valence-corrected chi connectivity index (χ4v) is 13.5. The van der Waals surface area contributed by atoms with Gasteiger partial charge < -0.3 is 15.3 Å². The zero-order valence-electron chi connectivity index (χ0n) is 32.2. The van der Waals surface area contributed by atoms with Crippen LogP contribution in [0.2, 0.25) is 0 Å². The number of carboxylic acids is 1. The molecule has 0 saturated heterocycles. The van der Waals surface area contributed by atoms with Gasteiger partial charge in [0.25, 0.3) is 0 Å². The van der Waals surface area contributed by atoms with Gasteiger partial charge in [0.2, 0.25) is 0 Å². The van der Waals surface area contributed by atoms with E-state index in [4.69, 9.17) is 0 Å². The van der Waals surface area contributed by atoms with Crippen LogP contribution in [0.4, 0.5) is 0 Å². The van der Waals surface area contributed by atoms with Gasteiger partial charge in [0.05, 0.1) is 5.56 Å². The Bertz CT molecular complexity index is 1400. The standard InChI is InChI=1S/C40H62N2O3S.C3H6/c1-36(2)30(28-10-12-29(13-11-28)35(43)44)16-19-37(3)33(36)17-20-39(5)34(37)15-14-31-32-9-8-18-40(32,22-21-38(31,39)4)27-41-23-24-42(6)25-26-46(7)45;1-3-2/h10-13,16,31-34,41H,8-9,14-15,17-27H2,1-7H3,(H,43,44);3H,1H2,2H3/t31?,32?,33?,34?,37?,38-,39?,40?,46?;/m1./s1. The van der Waals surface area contributed by atoms with Crippen molar-refractivity contribution in [3.63, 3.8) is 0 Å². The molecule has 5 aliphatic rings. The number of likely N-dealkylation sites (N-methyl/N-ethyl adjacent to an activating group) is 1. The zero-order chi connectivity index (χ0) is 35.8. The van der Waals surface area contributed by atoms with Gasteiger partial charge in [-0.15, -0.1) is 6.58 Å². The first-order valence-electron chi connectivity index (χ1n) is 19.4. The minimum atomic E-state index is -0.855. The number of carboxylic acid groups (broad SMARTS) is 1. The number of hydrogen-bond donors (Lipinski definition) is 2. The van der Waals surface area contributed by atoms with Crippen LogP contribution in [0, 0.1) is 50.7 Å². The second kappa shape index (κ2) is 14.7. The molecule has 0 aliphatic heterocycles. The van der Waals surface area contributed by atoms with Crippen LogP contribution in [0.25, 0.3) is 5.57 Å². The van der Waals surface area contributed by atoms with Crippen LogP contribution < -0.4 is 5.32 Å². The summed E-state index contributed by atoms with van der Waals surface area (Å²) in [4.78, 5) is 13.8. The molecule has 6 heteroatoms. The number of fused-ring (bicyclic) bond motifs is 7. The smallest absolute Gasteiger partial charge is 0.335 e. The summed E-state index contributed by atoms with van der Waals surface area (Å²) in [5, 5.41) is 13.4. The van der Waals surface area contributed by atoms with E-state index in [1.54, 1.807) is 24.5 Å². The Labute approximate surface area is 301 Å². The number of carbonyl (C=O) groups is 1. The van der Waals surface area contributed by atoms with Gasteiger partial charge in [0.15, 0.2) is 0 Å². The van der Waals surface area contributed by atoms with Gasteiger partial charge in [-0.05, 0) is 146 Å². The van der Waals surface area contributed by atoms with Crippen LogP contribution in [0.1, 0.15) is 122 Å². The van der Waals surface area contributed by atoms with E-state index in [-0.39, 0.29) is 10.8 Å². The van der Waals surface area contributed by atoms with Crippen molar-refractivity contribution in [1.82, 2.24) is 10.2 Å². The Morgan fingerprint density at radius 2 is 1.65 bits per heavy atom. The number of benzene rings is 1. The number of aromatic carboxylic acids is 1. The molecule has 0 amide bonds. The molecule has 9 atom stereocenters.